The van der Waals surface area contributed by atoms with E-state index < -0.39 is 0 Å². The van der Waals surface area contributed by atoms with Crippen molar-refractivity contribution in [2.24, 2.45) is 11.1 Å². The van der Waals surface area contributed by atoms with Crippen LogP contribution in [0.3, 0.4) is 0 Å². The Morgan fingerprint density at radius 3 is 2.57 bits per heavy atom. The van der Waals surface area contributed by atoms with E-state index in [0.29, 0.717) is 12.4 Å². The van der Waals surface area contributed by atoms with Gasteiger partial charge in [0.2, 0.25) is 5.89 Å². The quantitative estimate of drug-likeness (QED) is 0.801. The maximum Gasteiger partial charge on any atom is 0.230 e. The molecule has 0 aliphatic rings. The van der Waals surface area contributed by atoms with Crippen LogP contribution in [0, 0.1) is 5.41 Å². The van der Waals surface area contributed by atoms with Gasteiger partial charge in [0.25, 0.3) is 0 Å². The summed E-state index contributed by atoms with van der Waals surface area (Å²) >= 11 is 0. The van der Waals surface area contributed by atoms with Crippen LogP contribution in [-0.2, 0) is 6.42 Å². The minimum atomic E-state index is 0.149. The highest BCUT2D eigenvalue weighted by atomic mass is 16.5. The fourth-order valence-electron chi connectivity index (χ4n) is 1.11. The van der Waals surface area contributed by atoms with Crippen molar-refractivity contribution in [1.29, 1.82) is 0 Å². The van der Waals surface area contributed by atoms with Crippen molar-refractivity contribution in [2.75, 3.05) is 6.54 Å². The van der Waals surface area contributed by atoms with Gasteiger partial charge in [0.1, 0.15) is 0 Å². The molecular formula is C10H19N3O. The third kappa shape index (κ3) is 3.10. The van der Waals surface area contributed by atoms with Crippen LogP contribution >= 0.6 is 0 Å². The molecule has 0 aliphatic heterocycles. The van der Waals surface area contributed by atoms with Crippen LogP contribution in [0.2, 0.25) is 0 Å². The fraction of sp³-hybridized carbons (Fsp3) is 0.800. The van der Waals surface area contributed by atoms with E-state index in [2.05, 4.69) is 30.9 Å². The van der Waals surface area contributed by atoms with Gasteiger partial charge in [-0.1, -0.05) is 32.9 Å². The standard InChI is InChI=1S/C10H19N3O/c1-7(6-11)9-12-8(13-14-9)5-10(2,3)4/h7H,5-6,11H2,1-4H3. The topological polar surface area (TPSA) is 64.9 Å². The summed E-state index contributed by atoms with van der Waals surface area (Å²) in [6, 6.07) is 0. The second-order valence-electron chi connectivity index (χ2n) is 4.92. The molecular weight excluding hydrogens is 178 g/mol. The van der Waals surface area contributed by atoms with Crippen LogP contribution in [0.25, 0.3) is 0 Å². The summed E-state index contributed by atoms with van der Waals surface area (Å²) in [7, 11) is 0. The van der Waals surface area contributed by atoms with Gasteiger partial charge in [-0.25, -0.2) is 0 Å². The molecule has 0 spiro atoms. The highest BCUT2D eigenvalue weighted by Crippen LogP contribution is 2.20. The molecule has 14 heavy (non-hydrogen) atoms. The minimum absolute atomic E-state index is 0.149. The molecule has 0 fully saturated rings. The fourth-order valence-corrected chi connectivity index (χ4v) is 1.11. The molecule has 0 radical (unpaired) electrons. The van der Waals surface area contributed by atoms with E-state index in [-0.39, 0.29) is 11.3 Å². The van der Waals surface area contributed by atoms with Gasteiger partial charge in [0, 0.05) is 18.9 Å². The lowest BCUT2D eigenvalue weighted by molar-refractivity contribution is 0.344. The predicted octanol–water partition coefficient (Wildman–Crippen LogP) is 1.72. The normalized spacial score (nSPS) is 14.4. The van der Waals surface area contributed by atoms with Gasteiger partial charge < -0.3 is 10.3 Å². The number of nitrogens with two attached hydrogens (primary N) is 1. The summed E-state index contributed by atoms with van der Waals surface area (Å²) in [6.45, 7) is 8.96. The molecule has 0 aliphatic carbocycles. The maximum absolute atomic E-state index is 5.51. The van der Waals surface area contributed by atoms with E-state index in [9.17, 15) is 0 Å². The first-order valence-corrected chi connectivity index (χ1v) is 4.95. The summed E-state index contributed by atoms with van der Waals surface area (Å²) in [5.74, 6) is 1.57. The van der Waals surface area contributed by atoms with E-state index in [1.807, 2.05) is 6.92 Å². The van der Waals surface area contributed by atoms with Gasteiger partial charge in [-0.05, 0) is 5.41 Å². The molecule has 0 amide bonds. The van der Waals surface area contributed by atoms with Crippen molar-refractivity contribution in [1.82, 2.24) is 10.1 Å². The van der Waals surface area contributed by atoms with Crippen LogP contribution < -0.4 is 5.73 Å². The van der Waals surface area contributed by atoms with Gasteiger partial charge in [-0.15, -0.1) is 0 Å². The third-order valence-electron chi connectivity index (χ3n) is 1.95. The SMILES string of the molecule is CC(CN)c1nc(CC(C)(C)C)no1. The summed E-state index contributed by atoms with van der Waals surface area (Å²) in [6.07, 6.45) is 0.827. The molecule has 1 aromatic heterocycles. The predicted molar refractivity (Wildman–Crippen MR) is 54.9 cm³/mol. The number of aromatic nitrogens is 2. The number of nitrogens with zero attached hydrogens (tertiary/aromatic N) is 2. The highest BCUT2D eigenvalue weighted by Gasteiger charge is 2.18. The zero-order valence-electron chi connectivity index (χ0n) is 9.37. The van der Waals surface area contributed by atoms with Crippen LogP contribution in [-0.4, -0.2) is 16.7 Å². The molecule has 1 unspecified atom stereocenters. The summed E-state index contributed by atoms with van der Waals surface area (Å²) in [4.78, 5) is 4.31. The first-order valence-electron chi connectivity index (χ1n) is 4.95. The molecule has 0 saturated heterocycles. The Labute approximate surface area is 84.9 Å². The molecule has 0 saturated carbocycles. The Bertz CT molecular complexity index is 288. The van der Waals surface area contributed by atoms with E-state index in [0.717, 1.165) is 12.2 Å². The minimum Gasteiger partial charge on any atom is -0.339 e. The Hall–Kier alpha value is -0.900. The van der Waals surface area contributed by atoms with Crippen molar-refractivity contribution < 1.29 is 4.52 Å². The lowest BCUT2D eigenvalue weighted by atomic mass is 9.92. The van der Waals surface area contributed by atoms with Crippen molar-refractivity contribution in [3.05, 3.63) is 11.7 Å². The van der Waals surface area contributed by atoms with Gasteiger partial charge in [-0.2, -0.15) is 4.98 Å². The average Bonchev–Trinajstić information content (AvgIpc) is 2.48. The highest BCUT2D eigenvalue weighted by molar-refractivity contribution is 4.94. The average molecular weight is 197 g/mol. The van der Waals surface area contributed by atoms with E-state index in [4.69, 9.17) is 10.3 Å². The lowest BCUT2D eigenvalue weighted by Gasteiger charge is -2.14. The van der Waals surface area contributed by atoms with Crippen molar-refractivity contribution in [3.8, 4) is 0 Å². The van der Waals surface area contributed by atoms with Crippen molar-refractivity contribution in [2.45, 2.75) is 40.0 Å². The second-order valence-corrected chi connectivity index (χ2v) is 4.92. The first kappa shape index (κ1) is 11.2. The third-order valence-corrected chi connectivity index (χ3v) is 1.95. The zero-order valence-corrected chi connectivity index (χ0v) is 9.37. The Balaban J connectivity index is 2.69. The lowest BCUT2D eigenvalue weighted by Crippen LogP contribution is -2.11. The summed E-state index contributed by atoms with van der Waals surface area (Å²) in [5.41, 5.74) is 5.70. The Kier molecular flexibility index (Phi) is 3.26. The molecule has 0 aromatic carbocycles. The van der Waals surface area contributed by atoms with Crippen LogP contribution in [0.4, 0.5) is 0 Å². The van der Waals surface area contributed by atoms with Gasteiger partial charge in [0.05, 0.1) is 0 Å². The number of hydrogen-bond acceptors (Lipinski definition) is 4. The second kappa shape index (κ2) is 4.09. The molecule has 2 N–H and O–H groups in total. The van der Waals surface area contributed by atoms with E-state index in [1.54, 1.807) is 0 Å². The zero-order chi connectivity index (χ0) is 10.8. The van der Waals surface area contributed by atoms with Crippen molar-refractivity contribution in [3.63, 3.8) is 0 Å². The molecule has 0 bridgehead atoms. The molecule has 4 nitrogen and oxygen atoms in total. The monoisotopic (exact) mass is 197 g/mol. The maximum atomic E-state index is 5.51. The summed E-state index contributed by atoms with van der Waals surface area (Å²) < 4.78 is 5.12. The van der Waals surface area contributed by atoms with E-state index in [1.165, 1.54) is 0 Å². The van der Waals surface area contributed by atoms with Gasteiger partial charge >= 0.3 is 0 Å². The Morgan fingerprint density at radius 1 is 1.43 bits per heavy atom. The Morgan fingerprint density at radius 2 is 2.07 bits per heavy atom. The molecule has 1 rings (SSSR count). The smallest absolute Gasteiger partial charge is 0.230 e. The molecule has 1 aromatic rings. The molecule has 4 heteroatoms. The van der Waals surface area contributed by atoms with Crippen LogP contribution in [0.5, 0.6) is 0 Å². The van der Waals surface area contributed by atoms with Crippen molar-refractivity contribution >= 4 is 0 Å². The molecule has 80 valence electrons. The number of rotatable bonds is 3. The van der Waals surface area contributed by atoms with Gasteiger partial charge in [-0.3, -0.25) is 0 Å². The van der Waals surface area contributed by atoms with Crippen LogP contribution in [0.1, 0.15) is 45.3 Å². The largest absolute Gasteiger partial charge is 0.339 e. The van der Waals surface area contributed by atoms with Gasteiger partial charge in [0.15, 0.2) is 5.82 Å². The number of hydrogen-bond donors (Lipinski definition) is 1. The van der Waals surface area contributed by atoms with Crippen LogP contribution in [0.15, 0.2) is 4.52 Å². The molecule has 1 atom stereocenters. The molecule has 1 heterocycles. The summed E-state index contributed by atoms with van der Waals surface area (Å²) in [5, 5.41) is 3.93. The first-order chi connectivity index (χ1) is 6.42. The van der Waals surface area contributed by atoms with E-state index >= 15 is 0 Å².